The first-order valence-corrected chi connectivity index (χ1v) is 8.43. The number of ether oxygens (including phenoxy) is 2. The van der Waals surface area contributed by atoms with E-state index < -0.39 is 5.97 Å². The fourth-order valence-electron chi connectivity index (χ4n) is 2.81. The van der Waals surface area contributed by atoms with E-state index >= 15 is 0 Å². The van der Waals surface area contributed by atoms with Gasteiger partial charge >= 0.3 is 12.0 Å². The van der Waals surface area contributed by atoms with E-state index in [1.807, 2.05) is 6.07 Å². The Morgan fingerprint density at radius 3 is 2.72 bits per heavy atom. The number of methoxy groups -OCH3 is 1. The van der Waals surface area contributed by atoms with Crippen molar-refractivity contribution in [3.63, 3.8) is 0 Å². The van der Waals surface area contributed by atoms with E-state index in [2.05, 4.69) is 15.6 Å². The van der Waals surface area contributed by atoms with Crippen molar-refractivity contribution in [2.75, 3.05) is 20.3 Å². The molecule has 0 aromatic carbocycles. The van der Waals surface area contributed by atoms with Crippen molar-refractivity contribution in [2.24, 2.45) is 5.92 Å². The van der Waals surface area contributed by atoms with Crippen LogP contribution >= 0.6 is 0 Å². The number of carbonyl (C=O) groups excluding carboxylic acids is 1. The van der Waals surface area contributed by atoms with Crippen LogP contribution in [0, 0.1) is 5.92 Å². The highest BCUT2D eigenvalue weighted by Gasteiger charge is 2.26. The Morgan fingerprint density at radius 2 is 2.04 bits per heavy atom. The Labute approximate surface area is 146 Å². The number of nitrogens with zero attached hydrogens (tertiary/aromatic N) is 1. The number of nitrogens with one attached hydrogen (secondary N) is 2. The summed E-state index contributed by atoms with van der Waals surface area (Å²) in [6.45, 7) is 1.15. The standard InChI is InChI=1S/C17H25N3O5/c1-24-9-10-25-15-13(3-2-8-18-15)11-19-17(23)20-14-6-4-12(5-7-14)16(21)22/h2-3,8,12,14H,4-7,9-11H2,1H3,(H,21,22)(H2,19,20,23). The van der Waals surface area contributed by atoms with Crippen LogP contribution in [-0.2, 0) is 16.1 Å². The zero-order chi connectivity index (χ0) is 18.1. The molecule has 1 heterocycles. The van der Waals surface area contributed by atoms with Gasteiger partial charge in [-0.2, -0.15) is 0 Å². The molecule has 25 heavy (non-hydrogen) atoms. The summed E-state index contributed by atoms with van der Waals surface area (Å²) in [7, 11) is 1.60. The Balaban J connectivity index is 1.76. The maximum atomic E-state index is 12.1. The third kappa shape index (κ3) is 6.22. The van der Waals surface area contributed by atoms with Crippen molar-refractivity contribution in [3.8, 4) is 5.88 Å². The summed E-state index contributed by atoms with van der Waals surface area (Å²) in [4.78, 5) is 27.2. The van der Waals surface area contributed by atoms with Gasteiger partial charge in [0.2, 0.25) is 5.88 Å². The van der Waals surface area contributed by atoms with Crippen LogP contribution in [0.15, 0.2) is 18.3 Å². The van der Waals surface area contributed by atoms with Gasteiger partial charge in [0.1, 0.15) is 6.61 Å². The van der Waals surface area contributed by atoms with Gasteiger partial charge in [0.25, 0.3) is 0 Å². The first-order chi connectivity index (χ1) is 12.1. The zero-order valence-corrected chi connectivity index (χ0v) is 14.4. The molecule has 1 aromatic heterocycles. The number of aromatic nitrogens is 1. The molecular weight excluding hydrogens is 326 g/mol. The Morgan fingerprint density at radius 1 is 1.28 bits per heavy atom. The second kappa shape index (κ2) is 9.83. The number of urea groups is 1. The van der Waals surface area contributed by atoms with Crippen molar-refractivity contribution in [1.29, 1.82) is 0 Å². The predicted octanol–water partition coefficient (Wildman–Crippen LogP) is 1.55. The van der Waals surface area contributed by atoms with Crippen LogP contribution in [0.2, 0.25) is 0 Å². The van der Waals surface area contributed by atoms with Crippen molar-refractivity contribution < 1.29 is 24.2 Å². The number of aliphatic carboxylic acids is 1. The van der Waals surface area contributed by atoms with Crippen LogP contribution in [0.5, 0.6) is 5.88 Å². The Hall–Kier alpha value is -2.35. The molecule has 0 saturated heterocycles. The maximum Gasteiger partial charge on any atom is 0.315 e. The highest BCUT2D eigenvalue weighted by molar-refractivity contribution is 5.74. The quantitative estimate of drug-likeness (QED) is 0.613. The van der Waals surface area contributed by atoms with Crippen LogP contribution in [0.3, 0.4) is 0 Å². The number of rotatable bonds is 8. The molecule has 0 unspecified atom stereocenters. The van der Waals surface area contributed by atoms with Crippen molar-refractivity contribution in [1.82, 2.24) is 15.6 Å². The molecule has 2 rings (SSSR count). The summed E-state index contributed by atoms with van der Waals surface area (Å²) >= 11 is 0. The lowest BCUT2D eigenvalue weighted by atomic mass is 9.86. The van der Waals surface area contributed by atoms with E-state index in [4.69, 9.17) is 14.6 Å². The molecule has 1 aromatic rings. The second-order valence-corrected chi connectivity index (χ2v) is 6.02. The summed E-state index contributed by atoms with van der Waals surface area (Å²) in [5.74, 6) is -0.564. The van der Waals surface area contributed by atoms with Crippen LogP contribution < -0.4 is 15.4 Å². The van der Waals surface area contributed by atoms with Crippen LogP contribution in [0.1, 0.15) is 31.2 Å². The van der Waals surface area contributed by atoms with E-state index in [1.165, 1.54) is 0 Å². The molecule has 1 aliphatic rings. The van der Waals surface area contributed by atoms with Crippen LogP contribution in [-0.4, -0.2) is 48.5 Å². The fourth-order valence-corrected chi connectivity index (χ4v) is 2.81. The van der Waals surface area contributed by atoms with Gasteiger partial charge in [-0.05, 0) is 31.7 Å². The minimum Gasteiger partial charge on any atom is -0.481 e. The lowest BCUT2D eigenvalue weighted by Gasteiger charge is -2.26. The summed E-state index contributed by atoms with van der Waals surface area (Å²) in [6, 6.07) is 3.37. The molecule has 0 spiro atoms. The van der Waals surface area contributed by atoms with Crippen molar-refractivity contribution >= 4 is 12.0 Å². The van der Waals surface area contributed by atoms with Gasteiger partial charge < -0.3 is 25.2 Å². The van der Waals surface area contributed by atoms with E-state index in [0.717, 1.165) is 5.56 Å². The number of pyridine rings is 1. The molecule has 8 heteroatoms. The second-order valence-electron chi connectivity index (χ2n) is 6.02. The molecule has 0 bridgehead atoms. The zero-order valence-electron chi connectivity index (χ0n) is 14.4. The molecule has 1 saturated carbocycles. The minimum absolute atomic E-state index is 0.0157. The summed E-state index contributed by atoms with van der Waals surface area (Å²) in [5, 5.41) is 14.7. The third-order valence-electron chi connectivity index (χ3n) is 4.23. The molecule has 1 fully saturated rings. The number of hydrogen-bond donors (Lipinski definition) is 3. The Bertz CT molecular complexity index is 573. The Kier molecular flexibility index (Phi) is 7.46. The molecule has 138 valence electrons. The molecule has 2 amide bonds. The summed E-state index contributed by atoms with van der Waals surface area (Å²) < 4.78 is 10.5. The SMILES string of the molecule is COCCOc1ncccc1CNC(=O)NC1CCC(C(=O)O)CC1. The van der Waals surface area contributed by atoms with Gasteiger partial charge in [-0.15, -0.1) is 0 Å². The van der Waals surface area contributed by atoms with Gasteiger partial charge in [-0.1, -0.05) is 6.07 Å². The molecule has 3 N–H and O–H groups in total. The third-order valence-corrected chi connectivity index (χ3v) is 4.23. The number of amides is 2. The number of carbonyl (C=O) groups is 2. The fraction of sp³-hybridized carbons (Fsp3) is 0.588. The van der Waals surface area contributed by atoms with Gasteiger partial charge in [-0.25, -0.2) is 9.78 Å². The van der Waals surface area contributed by atoms with Gasteiger partial charge in [0.05, 0.1) is 12.5 Å². The number of carboxylic acid groups (broad SMARTS) is 1. The summed E-state index contributed by atoms with van der Waals surface area (Å²) in [6.07, 6.45) is 4.19. The van der Waals surface area contributed by atoms with E-state index in [9.17, 15) is 9.59 Å². The minimum atomic E-state index is -0.750. The van der Waals surface area contributed by atoms with Gasteiger partial charge in [-0.3, -0.25) is 4.79 Å². The smallest absolute Gasteiger partial charge is 0.315 e. The molecule has 0 radical (unpaired) electrons. The molecular formula is C17H25N3O5. The first-order valence-electron chi connectivity index (χ1n) is 8.43. The first kappa shape index (κ1) is 19.0. The lowest BCUT2D eigenvalue weighted by molar-refractivity contribution is -0.142. The highest BCUT2D eigenvalue weighted by atomic mass is 16.5. The lowest BCUT2D eigenvalue weighted by Crippen LogP contribution is -2.43. The summed E-state index contributed by atoms with van der Waals surface area (Å²) in [5.41, 5.74) is 0.781. The molecule has 0 atom stereocenters. The topological polar surface area (TPSA) is 110 Å². The normalized spacial score (nSPS) is 19.9. The monoisotopic (exact) mass is 351 g/mol. The maximum absolute atomic E-state index is 12.1. The average molecular weight is 351 g/mol. The van der Waals surface area contributed by atoms with E-state index in [0.29, 0.717) is 51.3 Å². The van der Waals surface area contributed by atoms with Crippen molar-refractivity contribution in [3.05, 3.63) is 23.9 Å². The van der Waals surface area contributed by atoms with E-state index in [1.54, 1.807) is 19.4 Å². The van der Waals surface area contributed by atoms with Gasteiger partial charge in [0, 0.05) is 31.5 Å². The highest BCUT2D eigenvalue weighted by Crippen LogP contribution is 2.24. The van der Waals surface area contributed by atoms with Crippen molar-refractivity contribution in [2.45, 2.75) is 38.3 Å². The average Bonchev–Trinajstić information content (AvgIpc) is 2.61. The van der Waals surface area contributed by atoms with Crippen LogP contribution in [0.25, 0.3) is 0 Å². The molecule has 8 nitrogen and oxygen atoms in total. The van der Waals surface area contributed by atoms with Crippen LogP contribution in [0.4, 0.5) is 4.79 Å². The van der Waals surface area contributed by atoms with E-state index in [-0.39, 0.29) is 18.0 Å². The van der Waals surface area contributed by atoms with Gasteiger partial charge in [0.15, 0.2) is 0 Å². The molecule has 0 aliphatic heterocycles. The largest absolute Gasteiger partial charge is 0.481 e. The predicted molar refractivity (Wildman–Crippen MR) is 90.4 cm³/mol. The number of carboxylic acids is 1. The number of hydrogen-bond acceptors (Lipinski definition) is 5. The molecule has 1 aliphatic carbocycles.